The maximum atomic E-state index is 10.1. The van der Waals surface area contributed by atoms with E-state index in [1.807, 2.05) is 24.3 Å². The van der Waals surface area contributed by atoms with Crippen molar-refractivity contribution in [3.05, 3.63) is 174 Å². The molecule has 0 atom stereocenters. The molecule has 0 radical (unpaired) electrons. The molecule has 9 aromatic rings. The fourth-order valence-corrected chi connectivity index (χ4v) is 7.41. The molecule has 228 valence electrons. The second kappa shape index (κ2) is 11.4. The molecule has 0 fully saturated rings. The first-order chi connectivity index (χ1) is 24.2. The van der Waals surface area contributed by atoms with Crippen molar-refractivity contribution >= 4 is 43.6 Å². The average Bonchev–Trinajstić information content (AvgIpc) is 3.67. The molecule has 0 saturated carbocycles. The number of rotatable bonds is 5. The Balaban J connectivity index is 1.12. The van der Waals surface area contributed by atoms with E-state index >= 15 is 0 Å². The number of nitriles is 2. The van der Waals surface area contributed by atoms with E-state index in [-0.39, 0.29) is 0 Å². The summed E-state index contributed by atoms with van der Waals surface area (Å²) < 4.78 is 4.59. The molecule has 0 saturated heterocycles. The summed E-state index contributed by atoms with van der Waals surface area (Å²) in [7, 11) is 0. The van der Waals surface area contributed by atoms with Gasteiger partial charge in [-0.25, -0.2) is 0 Å². The predicted molar refractivity (Wildman–Crippen MR) is 200 cm³/mol. The molecule has 0 aliphatic rings. The van der Waals surface area contributed by atoms with Crippen molar-refractivity contribution < 1.29 is 0 Å². The molecule has 9 rings (SSSR count). The maximum Gasteiger partial charge on any atom is 0.0995 e. The number of hydrogen-bond acceptors (Lipinski definition) is 2. The van der Waals surface area contributed by atoms with Crippen LogP contribution in [0.2, 0.25) is 0 Å². The highest BCUT2D eigenvalue weighted by Crippen LogP contribution is 2.37. The van der Waals surface area contributed by atoms with Gasteiger partial charge in [-0.3, -0.25) is 0 Å². The average molecular weight is 625 g/mol. The zero-order chi connectivity index (χ0) is 32.9. The summed E-state index contributed by atoms with van der Waals surface area (Å²) in [6.45, 7) is 0.600. The highest BCUT2D eigenvalue weighted by atomic mass is 15.0. The van der Waals surface area contributed by atoms with Gasteiger partial charge in [-0.1, -0.05) is 109 Å². The van der Waals surface area contributed by atoms with Crippen molar-refractivity contribution in [3.8, 4) is 40.1 Å². The first-order valence-electron chi connectivity index (χ1n) is 16.3. The summed E-state index contributed by atoms with van der Waals surface area (Å²) in [5, 5.41) is 24.5. The highest BCUT2D eigenvalue weighted by Gasteiger charge is 2.17. The summed E-state index contributed by atoms with van der Waals surface area (Å²) in [5.41, 5.74) is 12.2. The standard InChI is InChI=1S/C45H28N4/c46-27-30-17-24-40-39-12-4-8-16-44(39)49(45(40)25-30)43-15-7-1-9-36(43)32-20-18-31(19-21-32)33-22-23-34(28-47)35(26-33)29-48-41-13-5-2-10-37(41)38-11-3-6-14-42(38)48/h1-26H,29H2. The van der Waals surface area contributed by atoms with Gasteiger partial charge in [0.25, 0.3) is 0 Å². The third kappa shape index (κ3) is 4.59. The molecule has 0 amide bonds. The number of aromatic nitrogens is 2. The lowest BCUT2D eigenvalue weighted by molar-refractivity contribution is 0.866. The third-order valence-corrected chi connectivity index (χ3v) is 9.71. The third-order valence-electron chi connectivity index (χ3n) is 9.71. The number of benzene rings is 7. The van der Waals surface area contributed by atoms with Crippen molar-refractivity contribution in [2.45, 2.75) is 6.54 Å². The lowest BCUT2D eigenvalue weighted by atomic mass is 9.96. The molecule has 4 heteroatoms. The van der Waals surface area contributed by atoms with E-state index in [4.69, 9.17) is 0 Å². The summed E-state index contributed by atoms with van der Waals surface area (Å²) in [6, 6.07) is 59.3. The van der Waals surface area contributed by atoms with Crippen LogP contribution in [0.3, 0.4) is 0 Å². The van der Waals surface area contributed by atoms with Crippen molar-refractivity contribution in [1.29, 1.82) is 10.5 Å². The van der Waals surface area contributed by atoms with Crippen LogP contribution in [0.5, 0.6) is 0 Å². The van der Waals surface area contributed by atoms with Gasteiger partial charge < -0.3 is 9.13 Å². The van der Waals surface area contributed by atoms with E-state index < -0.39 is 0 Å². The van der Waals surface area contributed by atoms with Crippen LogP contribution in [-0.4, -0.2) is 9.13 Å². The van der Waals surface area contributed by atoms with E-state index in [1.54, 1.807) is 0 Å². The molecular weight excluding hydrogens is 597 g/mol. The summed E-state index contributed by atoms with van der Waals surface area (Å²) in [4.78, 5) is 0. The van der Waals surface area contributed by atoms with Gasteiger partial charge in [0.2, 0.25) is 0 Å². The zero-order valence-corrected chi connectivity index (χ0v) is 26.5. The molecular formula is C45H28N4. The Morgan fingerprint density at radius 1 is 0.449 bits per heavy atom. The van der Waals surface area contributed by atoms with Crippen LogP contribution in [0.25, 0.3) is 71.6 Å². The summed E-state index contributed by atoms with van der Waals surface area (Å²) in [6.07, 6.45) is 0. The molecule has 2 aromatic heterocycles. The van der Waals surface area contributed by atoms with Gasteiger partial charge in [0.05, 0.1) is 40.0 Å². The van der Waals surface area contributed by atoms with Crippen molar-refractivity contribution in [3.63, 3.8) is 0 Å². The quantitative estimate of drug-likeness (QED) is 0.191. The predicted octanol–water partition coefficient (Wildman–Crippen LogP) is 11.0. The molecule has 0 aliphatic carbocycles. The van der Waals surface area contributed by atoms with Crippen molar-refractivity contribution in [1.82, 2.24) is 9.13 Å². The minimum Gasteiger partial charge on any atom is -0.336 e. The largest absolute Gasteiger partial charge is 0.336 e. The first-order valence-corrected chi connectivity index (χ1v) is 16.3. The molecule has 4 nitrogen and oxygen atoms in total. The Hall–Kier alpha value is -6.88. The normalized spacial score (nSPS) is 11.3. The van der Waals surface area contributed by atoms with Gasteiger partial charge in [0.15, 0.2) is 0 Å². The van der Waals surface area contributed by atoms with Gasteiger partial charge in [0.1, 0.15) is 0 Å². The smallest absolute Gasteiger partial charge is 0.0995 e. The Labute approximate surface area is 283 Å². The second-order valence-corrected chi connectivity index (χ2v) is 12.4. The van der Waals surface area contributed by atoms with Gasteiger partial charge in [0, 0.05) is 44.7 Å². The Bertz CT molecular complexity index is 2770. The van der Waals surface area contributed by atoms with Gasteiger partial charge >= 0.3 is 0 Å². The maximum absolute atomic E-state index is 10.1. The van der Waals surface area contributed by atoms with E-state index in [1.165, 1.54) is 10.8 Å². The molecule has 0 bridgehead atoms. The topological polar surface area (TPSA) is 57.4 Å². The molecule has 0 unspecified atom stereocenters. The van der Waals surface area contributed by atoms with Crippen molar-refractivity contribution in [2.24, 2.45) is 0 Å². The van der Waals surface area contributed by atoms with E-state index in [9.17, 15) is 10.5 Å². The number of para-hydroxylation sites is 4. The molecule has 0 N–H and O–H groups in total. The highest BCUT2D eigenvalue weighted by molar-refractivity contribution is 6.10. The molecule has 7 aromatic carbocycles. The SMILES string of the molecule is N#Cc1ccc2c3ccccc3n(-c3ccccc3-c3ccc(-c4ccc(C#N)c(Cn5c6ccccc6c6ccccc65)c4)cc3)c2c1. The molecule has 49 heavy (non-hydrogen) atoms. The van der Waals surface area contributed by atoms with Crippen molar-refractivity contribution in [2.75, 3.05) is 0 Å². The number of fused-ring (bicyclic) bond motifs is 6. The Kier molecular flexibility index (Phi) is 6.61. The van der Waals surface area contributed by atoms with E-state index in [0.29, 0.717) is 17.7 Å². The Morgan fingerprint density at radius 2 is 1.02 bits per heavy atom. The number of nitrogens with zero attached hydrogens (tertiary/aromatic N) is 4. The molecule has 0 spiro atoms. The van der Waals surface area contributed by atoms with Crippen LogP contribution in [-0.2, 0) is 6.54 Å². The fraction of sp³-hybridized carbons (Fsp3) is 0.0222. The minimum atomic E-state index is 0.600. The monoisotopic (exact) mass is 624 g/mol. The van der Waals surface area contributed by atoms with E-state index in [2.05, 4.69) is 155 Å². The van der Waals surface area contributed by atoms with Crippen LogP contribution < -0.4 is 0 Å². The van der Waals surface area contributed by atoms with Gasteiger partial charge in [-0.15, -0.1) is 0 Å². The van der Waals surface area contributed by atoms with Crippen LogP contribution in [0, 0.1) is 22.7 Å². The van der Waals surface area contributed by atoms with Crippen LogP contribution >= 0.6 is 0 Å². The van der Waals surface area contributed by atoms with Crippen LogP contribution in [0.15, 0.2) is 158 Å². The summed E-state index contributed by atoms with van der Waals surface area (Å²) >= 11 is 0. The van der Waals surface area contributed by atoms with Crippen LogP contribution in [0.4, 0.5) is 0 Å². The lowest BCUT2D eigenvalue weighted by Crippen LogP contribution is -2.02. The number of hydrogen-bond donors (Lipinski definition) is 0. The molecule has 0 aliphatic heterocycles. The first kappa shape index (κ1) is 28.4. The summed E-state index contributed by atoms with van der Waals surface area (Å²) in [5.74, 6) is 0. The lowest BCUT2D eigenvalue weighted by Gasteiger charge is -2.15. The second-order valence-electron chi connectivity index (χ2n) is 12.4. The van der Waals surface area contributed by atoms with Gasteiger partial charge in [-0.2, -0.15) is 10.5 Å². The fourth-order valence-electron chi connectivity index (χ4n) is 7.41. The van der Waals surface area contributed by atoms with E-state index in [0.717, 1.165) is 66.3 Å². The zero-order valence-electron chi connectivity index (χ0n) is 26.5. The van der Waals surface area contributed by atoms with Crippen LogP contribution in [0.1, 0.15) is 16.7 Å². The minimum absolute atomic E-state index is 0.600. The molecule has 2 heterocycles. The Morgan fingerprint density at radius 3 is 1.71 bits per heavy atom. The van der Waals surface area contributed by atoms with Gasteiger partial charge in [-0.05, 0) is 70.8 Å².